The fourth-order valence-corrected chi connectivity index (χ4v) is 4.19. The molecule has 0 unspecified atom stereocenters. The fourth-order valence-electron chi connectivity index (χ4n) is 4.19. The number of rotatable bonds is 3. The molecule has 0 aliphatic carbocycles. The number of hydrogen-bond donors (Lipinski definition) is 0. The van der Waals surface area contributed by atoms with E-state index in [-0.39, 0.29) is 0 Å². The van der Waals surface area contributed by atoms with Crippen LogP contribution in [0.4, 0.5) is 11.6 Å². The molecule has 0 saturated carbocycles. The van der Waals surface area contributed by atoms with E-state index in [1.54, 1.807) is 0 Å². The summed E-state index contributed by atoms with van der Waals surface area (Å²) in [5.74, 6) is 2.42. The summed E-state index contributed by atoms with van der Waals surface area (Å²) >= 11 is 0. The van der Waals surface area contributed by atoms with Crippen LogP contribution < -0.4 is 9.80 Å². The predicted molar refractivity (Wildman–Crippen MR) is 119 cm³/mol. The number of nitrogens with zero attached hydrogens (tertiary/aromatic N) is 5. The second-order valence-electron chi connectivity index (χ2n) is 7.75. The summed E-state index contributed by atoms with van der Waals surface area (Å²) < 4.78 is 17.2. The number of furan rings is 1. The Kier molecular flexibility index (Phi) is 4.66. The SMILES string of the molecule is c1ccc2c(c1)oc1c(N3CCOCC3)nc(-c3ccc(N4CCOCC4)nc3)nc12. The number of fused-ring (bicyclic) bond motifs is 3. The molecule has 31 heavy (non-hydrogen) atoms. The van der Waals surface area contributed by atoms with Gasteiger partial charge in [-0.25, -0.2) is 15.0 Å². The monoisotopic (exact) mass is 417 g/mol. The topological polar surface area (TPSA) is 76.8 Å². The average molecular weight is 417 g/mol. The number of ether oxygens (including phenoxy) is 2. The van der Waals surface area contributed by atoms with Gasteiger partial charge in [0.2, 0.25) is 0 Å². The molecule has 158 valence electrons. The summed E-state index contributed by atoms with van der Waals surface area (Å²) in [6.45, 7) is 6.09. The highest BCUT2D eigenvalue weighted by Crippen LogP contribution is 2.35. The van der Waals surface area contributed by atoms with Crippen LogP contribution in [0.3, 0.4) is 0 Å². The summed E-state index contributed by atoms with van der Waals surface area (Å²) in [7, 11) is 0. The molecule has 5 heterocycles. The van der Waals surface area contributed by atoms with E-state index in [9.17, 15) is 0 Å². The van der Waals surface area contributed by atoms with Gasteiger partial charge >= 0.3 is 0 Å². The van der Waals surface area contributed by atoms with Crippen LogP contribution >= 0.6 is 0 Å². The van der Waals surface area contributed by atoms with Gasteiger partial charge in [0.05, 0.1) is 26.4 Å². The first-order valence-corrected chi connectivity index (χ1v) is 10.7. The minimum Gasteiger partial charge on any atom is -0.450 e. The highest BCUT2D eigenvalue weighted by molar-refractivity contribution is 6.06. The minimum absolute atomic E-state index is 0.654. The first-order valence-electron chi connectivity index (χ1n) is 10.7. The quantitative estimate of drug-likeness (QED) is 0.503. The van der Waals surface area contributed by atoms with Gasteiger partial charge in [-0.2, -0.15) is 0 Å². The Labute approximate surface area is 179 Å². The molecule has 1 aromatic carbocycles. The number of morpholine rings is 2. The van der Waals surface area contributed by atoms with Gasteiger partial charge in [-0.3, -0.25) is 0 Å². The van der Waals surface area contributed by atoms with Crippen LogP contribution in [0.15, 0.2) is 47.0 Å². The summed E-state index contributed by atoms with van der Waals surface area (Å²) in [5.41, 5.74) is 3.27. The van der Waals surface area contributed by atoms with E-state index in [1.165, 1.54) is 0 Å². The van der Waals surface area contributed by atoms with Gasteiger partial charge < -0.3 is 23.7 Å². The molecule has 6 rings (SSSR count). The van der Waals surface area contributed by atoms with Crippen LogP contribution in [0.1, 0.15) is 0 Å². The highest BCUT2D eigenvalue weighted by Gasteiger charge is 2.22. The standard InChI is InChI=1S/C23H23N5O3/c1-2-4-18-17(3-1)20-21(31-18)23(28-9-13-30-14-10-28)26-22(25-20)16-5-6-19(24-15-16)27-7-11-29-12-8-27/h1-6,15H,7-14H2. The number of anilines is 2. The molecule has 0 atom stereocenters. The van der Waals surface area contributed by atoms with Gasteiger partial charge in [0.1, 0.15) is 16.9 Å². The lowest BCUT2D eigenvalue weighted by Crippen LogP contribution is -2.37. The Hall–Kier alpha value is -3.23. The summed E-state index contributed by atoms with van der Waals surface area (Å²) in [6.07, 6.45) is 1.86. The van der Waals surface area contributed by atoms with Crippen LogP contribution in [-0.2, 0) is 9.47 Å². The van der Waals surface area contributed by atoms with Crippen molar-refractivity contribution in [2.75, 3.05) is 62.4 Å². The maximum absolute atomic E-state index is 6.18. The van der Waals surface area contributed by atoms with E-state index in [2.05, 4.69) is 14.8 Å². The molecular formula is C23H23N5O3. The second-order valence-corrected chi connectivity index (χ2v) is 7.75. The first kappa shape index (κ1) is 18.5. The molecule has 8 heteroatoms. The molecule has 2 saturated heterocycles. The summed E-state index contributed by atoms with van der Waals surface area (Å²) in [5, 5.41) is 0.994. The van der Waals surface area contributed by atoms with Gasteiger partial charge in [0, 0.05) is 43.3 Å². The van der Waals surface area contributed by atoms with Crippen molar-refractivity contribution in [3.63, 3.8) is 0 Å². The number of benzene rings is 1. The number of aromatic nitrogens is 3. The lowest BCUT2D eigenvalue weighted by Gasteiger charge is -2.28. The lowest BCUT2D eigenvalue weighted by molar-refractivity contribution is 0.122. The third-order valence-corrected chi connectivity index (χ3v) is 5.85. The Morgan fingerprint density at radius 1 is 0.774 bits per heavy atom. The van der Waals surface area contributed by atoms with E-state index in [1.807, 2.05) is 42.6 Å². The third kappa shape index (κ3) is 3.37. The first-order chi connectivity index (χ1) is 15.4. The van der Waals surface area contributed by atoms with Crippen LogP contribution in [-0.4, -0.2) is 67.6 Å². The van der Waals surface area contributed by atoms with Crippen molar-refractivity contribution in [1.82, 2.24) is 15.0 Å². The summed E-state index contributed by atoms with van der Waals surface area (Å²) in [6, 6.07) is 12.1. The Morgan fingerprint density at radius 3 is 2.26 bits per heavy atom. The minimum atomic E-state index is 0.654. The van der Waals surface area contributed by atoms with E-state index >= 15 is 0 Å². The number of pyridine rings is 1. The molecule has 0 spiro atoms. The molecule has 4 aromatic rings. The molecule has 2 aliphatic heterocycles. The van der Waals surface area contributed by atoms with E-state index in [0.717, 1.165) is 78.7 Å². The molecule has 0 amide bonds. The third-order valence-electron chi connectivity index (χ3n) is 5.85. The van der Waals surface area contributed by atoms with Crippen LogP contribution in [0, 0.1) is 0 Å². The predicted octanol–water partition coefficient (Wildman–Crippen LogP) is 3.11. The van der Waals surface area contributed by atoms with Crippen molar-refractivity contribution in [3.8, 4) is 11.4 Å². The average Bonchev–Trinajstić information content (AvgIpc) is 3.23. The molecule has 0 N–H and O–H groups in total. The van der Waals surface area contributed by atoms with Crippen molar-refractivity contribution in [1.29, 1.82) is 0 Å². The summed E-state index contributed by atoms with van der Waals surface area (Å²) in [4.78, 5) is 19.0. The largest absolute Gasteiger partial charge is 0.450 e. The fraction of sp³-hybridized carbons (Fsp3) is 0.348. The number of para-hydroxylation sites is 1. The zero-order valence-electron chi connectivity index (χ0n) is 17.2. The molecule has 8 nitrogen and oxygen atoms in total. The van der Waals surface area contributed by atoms with Crippen molar-refractivity contribution < 1.29 is 13.9 Å². The van der Waals surface area contributed by atoms with E-state index in [4.69, 9.17) is 23.9 Å². The van der Waals surface area contributed by atoms with E-state index in [0.29, 0.717) is 19.0 Å². The molecular weight excluding hydrogens is 394 g/mol. The molecule has 0 bridgehead atoms. The number of hydrogen-bond acceptors (Lipinski definition) is 8. The molecule has 2 fully saturated rings. The maximum Gasteiger partial charge on any atom is 0.196 e. The van der Waals surface area contributed by atoms with Crippen LogP contribution in [0.25, 0.3) is 33.5 Å². The van der Waals surface area contributed by atoms with Gasteiger partial charge in [0.15, 0.2) is 17.2 Å². The van der Waals surface area contributed by atoms with E-state index < -0.39 is 0 Å². The van der Waals surface area contributed by atoms with Gasteiger partial charge in [-0.15, -0.1) is 0 Å². The van der Waals surface area contributed by atoms with Gasteiger partial charge in [-0.1, -0.05) is 12.1 Å². The van der Waals surface area contributed by atoms with Crippen LogP contribution in [0.2, 0.25) is 0 Å². The lowest BCUT2D eigenvalue weighted by atomic mass is 10.2. The second kappa shape index (κ2) is 7.79. The van der Waals surface area contributed by atoms with Crippen molar-refractivity contribution in [3.05, 3.63) is 42.6 Å². The Balaban J connectivity index is 1.45. The van der Waals surface area contributed by atoms with Crippen LogP contribution in [0.5, 0.6) is 0 Å². The maximum atomic E-state index is 6.18. The van der Waals surface area contributed by atoms with Gasteiger partial charge in [-0.05, 0) is 24.3 Å². The van der Waals surface area contributed by atoms with Crippen molar-refractivity contribution >= 4 is 33.7 Å². The zero-order valence-corrected chi connectivity index (χ0v) is 17.2. The Morgan fingerprint density at radius 2 is 1.52 bits per heavy atom. The van der Waals surface area contributed by atoms with Crippen molar-refractivity contribution in [2.45, 2.75) is 0 Å². The smallest absolute Gasteiger partial charge is 0.196 e. The molecule has 2 aliphatic rings. The normalized spacial score (nSPS) is 17.5. The van der Waals surface area contributed by atoms with Gasteiger partial charge in [0.25, 0.3) is 0 Å². The highest BCUT2D eigenvalue weighted by atomic mass is 16.5. The molecule has 3 aromatic heterocycles. The molecule has 0 radical (unpaired) electrons. The Bertz CT molecular complexity index is 1210. The van der Waals surface area contributed by atoms with Crippen molar-refractivity contribution in [2.24, 2.45) is 0 Å². The zero-order chi connectivity index (χ0) is 20.6.